The minimum atomic E-state index is 0.0233. The number of benzene rings is 1. The molecule has 0 aliphatic heterocycles. The molecule has 1 aromatic carbocycles. The van der Waals surface area contributed by atoms with E-state index < -0.39 is 0 Å². The van der Waals surface area contributed by atoms with Gasteiger partial charge < -0.3 is 5.32 Å². The number of aromatic nitrogens is 1. The molecule has 2 aromatic rings. The minimum absolute atomic E-state index is 0.0233. The van der Waals surface area contributed by atoms with Gasteiger partial charge in [0.25, 0.3) is 0 Å². The fraction of sp³-hybridized carbons (Fsp3) is 0.333. The highest BCUT2D eigenvalue weighted by Crippen LogP contribution is 2.24. The average molecular weight is 336 g/mol. The second-order valence-corrected chi connectivity index (χ2v) is 6.16. The van der Waals surface area contributed by atoms with Gasteiger partial charge in [0.1, 0.15) is 0 Å². The largest absolute Gasteiger partial charge is 0.302 e. The molecule has 0 spiro atoms. The first-order valence-electron chi connectivity index (χ1n) is 7.19. The van der Waals surface area contributed by atoms with Gasteiger partial charge in [0.15, 0.2) is 5.13 Å². The third kappa shape index (κ3) is 5.76. The van der Waals surface area contributed by atoms with Crippen LogP contribution in [0.1, 0.15) is 25.7 Å². The topological polar surface area (TPSA) is 80.0 Å². The van der Waals surface area contributed by atoms with Crippen LogP contribution in [0.5, 0.6) is 0 Å². The lowest BCUT2D eigenvalue weighted by Crippen LogP contribution is -2.12. The van der Waals surface area contributed by atoms with E-state index in [0.717, 1.165) is 49.2 Å². The molecule has 1 heterocycles. The van der Waals surface area contributed by atoms with Crippen LogP contribution in [0.25, 0.3) is 11.3 Å². The van der Waals surface area contributed by atoms with E-state index in [-0.39, 0.29) is 5.91 Å². The van der Waals surface area contributed by atoms with Crippen molar-refractivity contribution in [3.8, 4) is 11.3 Å². The predicted molar refractivity (Wildman–Crippen MR) is 94.4 cm³/mol. The Morgan fingerprint density at radius 2 is 2.05 bits per heavy atom. The summed E-state index contributed by atoms with van der Waals surface area (Å²) in [5.74, 6) is 0.0233. The fourth-order valence-electron chi connectivity index (χ4n) is 1.97. The van der Waals surface area contributed by atoms with Crippen molar-refractivity contribution in [3.63, 3.8) is 0 Å². The van der Waals surface area contributed by atoms with E-state index in [9.17, 15) is 4.79 Å². The third-order valence-corrected chi connectivity index (χ3v) is 4.21. The summed E-state index contributed by atoms with van der Waals surface area (Å²) in [5.41, 5.74) is 1.95. The number of thiazole rings is 1. The lowest BCUT2D eigenvalue weighted by atomic mass is 10.2. The lowest BCUT2D eigenvalue weighted by molar-refractivity contribution is -0.116. The summed E-state index contributed by atoms with van der Waals surface area (Å²) >= 11 is 2.59. The Morgan fingerprint density at radius 1 is 1.23 bits per heavy atom. The second-order valence-electron chi connectivity index (χ2n) is 4.77. The summed E-state index contributed by atoms with van der Waals surface area (Å²) in [7, 11) is 0. The molecule has 5 nitrogen and oxygen atoms in total. The number of nitrogens with one attached hydrogen (secondary N) is 2. The van der Waals surface area contributed by atoms with Crippen molar-refractivity contribution < 1.29 is 4.79 Å². The number of rotatable bonds is 9. The Bertz CT molecular complexity index is 574. The van der Waals surface area contributed by atoms with Crippen molar-refractivity contribution in [1.82, 2.24) is 9.71 Å². The first kappa shape index (κ1) is 17.0. The lowest BCUT2D eigenvalue weighted by Gasteiger charge is -2.02. The molecule has 0 fully saturated rings. The number of amides is 1. The van der Waals surface area contributed by atoms with Gasteiger partial charge in [0.2, 0.25) is 5.91 Å². The van der Waals surface area contributed by atoms with Crippen molar-refractivity contribution in [1.29, 1.82) is 0 Å². The van der Waals surface area contributed by atoms with Gasteiger partial charge in [-0.3, -0.25) is 14.7 Å². The molecule has 0 unspecified atom stereocenters. The van der Waals surface area contributed by atoms with Crippen molar-refractivity contribution >= 4 is 34.5 Å². The standard InChI is InChI=1S/C15H20N4OS2/c16-22-17-10-6-2-5-9-14(20)19-15-18-13(11-21-15)12-7-3-1-4-8-12/h1,3-4,7-8,11,17H,2,5-6,9-10,16H2,(H,18,19,20). The number of nitrogens with two attached hydrogens (primary N) is 1. The highest BCUT2D eigenvalue weighted by molar-refractivity contribution is 7.95. The molecule has 0 aliphatic carbocycles. The Hall–Kier alpha value is -1.41. The van der Waals surface area contributed by atoms with Gasteiger partial charge in [-0.05, 0) is 12.8 Å². The summed E-state index contributed by atoms with van der Waals surface area (Å²) in [5, 5.41) is 10.7. The molecular weight excluding hydrogens is 316 g/mol. The van der Waals surface area contributed by atoms with Crippen LogP contribution in [-0.4, -0.2) is 17.4 Å². The first-order chi connectivity index (χ1) is 10.8. The van der Waals surface area contributed by atoms with Crippen LogP contribution >= 0.6 is 23.5 Å². The van der Waals surface area contributed by atoms with Gasteiger partial charge in [-0.2, -0.15) is 0 Å². The molecule has 22 heavy (non-hydrogen) atoms. The second kappa shape index (κ2) is 9.58. The first-order valence-corrected chi connectivity index (χ1v) is 8.95. The molecule has 2 rings (SSSR count). The average Bonchev–Trinajstić information content (AvgIpc) is 3.00. The predicted octanol–water partition coefficient (Wildman–Crippen LogP) is 3.42. The molecule has 0 atom stereocenters. The van der Waals surface area contributed by atoms with Crippen LogP contribution in [0.15, 0.2) is 35.7 Å². The smallest absolute Gasteiger partial charge is 0.226 e. The zero-order valence-corrected chi connectivity index (χ0v) is 13.9. The quantitative estimate of drug-likeness (QED) is 0.483. The van der Waals surface area contributed by atoms with Gasteiger partial charge in [-0.1, -0.05) is 36.8 Å². The number of unbranched alkanes of at least 4 members (excludes halogenated alkanes) is 2. The van der Waals surface area contributed by atoms with Crippen molar-refractivity contribution in [2.24, 2.45) is 5.14 Å². The van der Waals surface area contributed by atoms with E-state index in [1.165, 1.54) is 11.3 Å². The molecule has 0 saturated carbocycles. The molecule has 0 radical (unpaired) electrons. The molecule has 118 valence electrons. The molecule has 0 saturated heterocycles. The van der Waals surface area contributed by atoms with E-state index >= 15 is 0 Å². The Labute approximate surface area is 139 Å². The zero-order chi connectivity index (χ0) is 15.6. The van der Waals surface area contributed by atoms with Gasteiger partial charge in [-0.15, -0.1) is 11.3 Å². The Morgan fingerprint density at radius 3 is 2.82 bits per heavy atom. The SMILES string of the molecule is NSNCCCCCC(=O)Nc1nc(-c2ccccc2)cs1. The number of anilines is 1. The summed E-state index contributed by atoms with van der Waals surface area (Å²) in [6.45, 7) is 0.871. The molecule has 4 N–H and O–H groups in total. The van der Waals surface area contributed by atoms with Crippen LogP contribution in [0.3, 0.4) is 0 Å². The number of hydrogen-bond donors (Lipinski definition) is 3. The highest BCUT2D eigenvalue weighted by Gasteiger charge is 2.07. The van der Waals surface area contributed by atoms with Crippen LogP contribution < -0.4 is 15.2 Å². The van der Waals surface area contributed by atoms with Crippen molar-refractivity contribution in [2.75, 3.05) is 11.9 Å². The maximum absolute atomic E-state index is 11.9. The number of nitrogens with zero attached hydrogens (tertiary/aromatic N) is 1. The summed E-state index contributed by atoms with van der Waals surface area (Å²) in [4.78, 5) is 16.3. The van der Waals surface area contributed by atoms with Crippen LogP contribution in [-0.2, 0) is 4.79 Å². The van der Waals surface area contributed by atoms with Crippen LogP contribution in [0.4, 0.5) is 5.13 Å². The van der Waals surface area contributed by atoms with Gasteiger partial charge in [-0.25, -0.2) is 4.98 Å². The Balaban J connectivity index is 1.72. The molecule has 0 bridgehead atoms. The molecular formula is C15H20N4OS2. The van der Waals surface area contributed by atoms with E-state index in [1.54, 1.807) is 0 Å². The van der Waals surface area contributed by atoms with Crippen LogP contribution in [0.2, 0.25) is 0 Å². The van der Waals surface area contributed by atoms with Gasteiger partial charge in [0.05, 0.1) is 5.69 Å². The third-order valence-electron chi connectivity index (χ3n) is 3.09. The van der Waals surface area contributed by atoms with E-state index in [0.29, 0.717) is 11.6 Å². The van der Waals surface area contributed by atoms with E-state index in [4.69, 9.17) is 5.14 Å². The number of carbonyl (C=O) groups excluding carboxylic acids is 1. The maximum Gasteiger partial charge on any atom is 0.226 e. The van der Waals surface area contributed by atoms with E-state index in [2.05, 4.69) is 15.0 Å². The van der Waals surface area contributed by atoms with Gasteiger partial charge in [0, 0.05) is 36.0 Å². The molecule has 0 aliphatic rings. The number of carbonyl (C=O) groups is 1. The normalized spacial score (nSPS) is 10.6. The van der Waals surface area contributed by atoms with Crippen molar-refractivity contribution in [2.45, 2.75) is 25.7 Å². The van der Waals surface area contributed by atoms with Gasteiger partial charge >= 0.3 is 0 Å². The zero-order valence-electron chi connectivity index (χ0n) is 12.2. The summed E-state index contributed by atoms with van der Waals surface area (Å²) in [6.07, 6.45) is 3.43. The monoisotopic (exact) mass is 336 g/mol. The maximum atomic E-state index is 11.9. The highest BCUT2D eigenvalue weighted by atomic mass is 32.2. The fourth-order valence-corrected chi connectivity index (χ4v) is 2.97. The molecule has 1 amide bonds. The van der Waals surface area contributed by atoms with E-state index in [1.807, 2.05) is 35.7 Å². The molecule has 1 aromatic heterocycles. The van der Waals surface area contributed by atoms with Crippen LogP contribution in [0, 0.1) is 0 Å². The number of hydrogen-bond acceptors (Lipinski definition) is 6. The molecule has 7 heteroatoms. The minimum Gasteiger partial charge on any atom is -0.302 e. The Kier molecular flexibility index (Phi) is 7.38. The summed E-state index contributed by atoms with van der Waals surface area (Å²) < 4.78 is 2.98. The van der Waals surface area contributed by atoms with Crippen molar-refractivity contribution in [3.05, 3.63) is 35.7 Å². The summed E-state index contributed by atoms with van der Waals surface area (Å²) in [6, 6.07) is 9.94.